The van der Waals surface area contributed by atoms with Crippen LogP contribution in [0.4, 0.5) is 10.0 Å². The van der Waals surface area contributed by atoms with Crippen molar-refractivity contribution in [1.82, 2.24) is 0 Å². The van der Waals surface area contributed by atoms with E-state index in [4.69, 9.17) is 0 Å². The molecule has 0 aliphatic heterocycles. The van der Waals surface area contributed by atoms with Gasteiger partial charge in [0.2, 0.25) is 0 Å². The Hall–Kier alpha value is -3.46. The molecular weight excluding hydrogens is 561 g/mol. The lowest BCUT2D eigenvalue weighted by Gasteiger charge is -2.33. The van der Waals surface area contributed by atoms with E-state index in [1.54, 1.807) is 24.3 Å². The number of benzene rings is 1. The fourth-order valence-corrected chi connectivity index (χ4v) is 8.83. The summed E-state index contributed by atoms with van der Waals surface area (Å²) < 4.78 is 0. The van der Waals surface area contributed by atoms with E-state index >= 15 is 0 Å². The zero-order valence-corrected chi connectivity index (χ0v) is 26.9. The van der Waals surface area contributed by atoms with Crippen LogP contribution in [0.5, 0.6) is 0 Å². The molecule has 0 saturated carbocycles. The molecule has 2 heterocycles. The van der Waals surface area contributed by atoms with Gasteiger partial charge >= 0.3 is 0 Å². The summed E-state index contributed by atoms with van der Waals surface area (Å²) in [4.78, 5) is 29.5. The van der Waals surface area contributed by atoms with Crippen molar-refractivity contribution in [3.05, 3.63) is 67.4 Å². The third-order valence-corrected chi connectivity index (χ3v) is 11.4. The monoisotopic (exact) mass is 598 g/mol. The number of nitrogens with one attached hydrogen (secondary N) is 2. The molecule has 2 unspecified atom stereocenters. The first-order valence-electron chi connectivity index (χ1n) is 14.6. The molecule has 218 valence electrons. The molecule has 3 aromatic rings. The SMILES string of the molecule is CC(C)(C)C1CCc2c(sc(NC(=O)c3ccccc3C(=O)Nc3sc4c(c3C#N)CCC(C(C)(C)C)C4)c2C#N)C1. The molecule has 0 spiro atoms. The van der Waals surface area contributed by atoms with Crippen molar-refractivity contribution in [2.24, 2.45) is 22.7 Å². The molecule has 0 radical (unpaired) electrons. The maximum absolute atomic E-state index is 13.6. The average molecular weight is 599 g/mol. The summed E-state index contributed by atoms with van der Waals surface area (Å²) in [5.41, 5.74) is 3.96. The highest BCUT2D eigenvalue weighted by atomic mass is 32.1. The van der Waals surface area contributed by atoms with E-state index in [9.17, 15) is 20.1 Å². The lowest BCUT2D eigenvalue weighted by molar-refractivity contribution is 0.0991. The topological polar surface area (TPSA) is 106 Å². The third kappa shape index (κ3) is 5.76. The highest BCUT2D eigenvalue weighted by Crippen LogP contribution is 2.45. The molecule has 2 amide bonds. The van der Waals surface area contributed by atoms with Crippen molar-refractivity contribution in [3.8, 4) is 12.1 Å². The smallest absolute Gasteiger partial charge is 0.257 e. The maximum atomic E-state index is 13.6. The van der Waals surface area contributed by atoms with Crippen molar-refractivity contribution in [2.45, 2.75) is 80.1 Å². The summed E-state index contributed by atoms with van der Waals surface area (Å²) in [6.45, 7) is 13.5. The Morgan fingerprint density at radius 1 is 0.738 bits per heavy atom. The van der Waals surface area contributed by atoms with E-state index in [2.05, 4.69) is 64.3 Å². The van der Waals surface area contributed by atoms with Crippen LogP contribution in [0.15, 0.2) is 24.3 Å². The number of hydrogen-bond acceptors (Lipinski definition) is 6. The van der Waals surface area contributed by atoms with Gasteiger partial charge in [0, 0.05) is 9.75 Å². The Morgan fingerprint density at radius 2 is 1.12 bits per heavy atom. The molecular formula is C34H38N4O2S2. The molecule has 5 rings (SSSR count). The van der Waals surface area contributed by atoms with Crippen molar-refractivity contribution in [3.63, 3.8) is 0 Å². The summed E-state index contributed by atoms with van der Waals surface area (Å²) in [5.74, 6) is 0.178. The molecule has 1 aromatic carbocycles. The number of nitriles is 2. The fraction of sp³-hybridized carbons (Fsp3) is 0.471. The van der Waals surface area contributed by atoms with Crippen LogP contribution in [-0.4, -0.2) is 11.8 Å². The molecule has 8 heteroatoms. The van der Waals surface area contributed by atoms with Crippen LogP contribution < -0.4 is 10.6 Å². The highest BCUT2D eigenvalue weighted by Gasteiger charge is 2.34. The summed E-state index contributed by atoms with van der Waals surface area (Å²) >= 11 is 2.96. The van der Waals surface area contributed by atoms with Gasteiger partial charge in [-0.2, -0.15) is 10.5 Å². The van der Waals surface area contributed by atoms with Crippen LogP contribution in [0.1, 0.15) is 107 Å². The molecule has 2 aliphatic rings. The van der Waals surface area contributed by atoms with E-state index < -0.39 is 11.8 Å². The van der Waals surface area contributed by atoms with Gasteiger partial charge in [-0.1, -0.05) is 53.7 Å². The summed E-state index contributed by atoms with van der Waals surface area (Å²) in [5, 5.41) is 27.0. The number of fused-ring (bicyclic) bond motifs is 2. The van der Waals surface area contributed by atoms with E-state index in [1.807, 2.05) is 0 Å². The van der Waals surface area contributed by atoms with Crippen LogP contribution in [0, 0.1) is 45.3 Å². The predicted molar refractivity (Wildman–Crippen MR) is 170 cm³/mol. The lowest BCUT2D eigenvalue weighted by Crippen LogP contribution is -2.26. The molecule has 0 saturated heterocycles. The number of hydrogen-bond donors (Lipinski definition) is 2. The largest absolute Gasteiger partial charge is 0.312 e. The molecule has 2 aliphatic carbocycles. The molecule has 0 bridgehead atoms. The second kappa shape index (κ2) is 11.3. The Bertz CT molecular complexity index is 1510. The first-order chi connectivity index (χ1) is 19.8. The van der Waals surface area contributed by atoms with Gasteiger partial charge in [0.25, 0.3) is 11.8 Å². The van der Waals surface area contributed by atoms with Gasteiger partial charge in [-0.05, 0) is 84.5 Å². The van der Waals surface area contributed by atoms with E-state index in [0.717, 1.165) is 49.7 Å². The minimum Gasteiger partial charge on any atom is -0.312 e. The number of carbonyl (C=O) groups excluding carboxylic acids is 2. The third-order valence-electron chi connectivity index (χ3n) is 9.07. The van der Waals surface area contributed by atoms with Crippen molar-refractivity contribution < 1.29 is 9.59 Å². The Balaban J connectivity index is 1.38. The fourth-order valence-electron chi connectivity index (χ4n) is 6.28. The van der Waals surface area contributed by atoms with Gasteiger partial charge in [0.05, 0.1) is 22.3 Å². The molecule has 6 nitrogen and oxygen atoms in total. The van der Waals surface area contributed by atoms with Crippen molar-refractivity contribution in [1.29, 1.82) is 10.5 Å². The number of thiophene rings is 2. The van der Waals surface area contributed by atoms with E-state index in [0.29, 0.717) is 33.0 Å². The molecule has 42 heavy (non-hydrogen) atoms. The maximum Gasteiger partial charge on any atom is 0.257 e. The first kappa shape index (κ1) is 30.0. The number of amides is 2. The Morgan fingerprint density at radius 3 is 1.45 bits per heavy atom. The molecule has 2 atom stereocenters. The van der Waals surface area contributed by atoms with E-state index in [1.165, 1.54) is 32.4 Å². The number of rotatable bonds is 4. The second-order valence-electron chi connectivity index (χ2n) is 13.7. The minimum atomic E-state index is -0.429. The lowest BCUT2D eigenvalue weighted by atomic mass is 9.72. The average Bonchev–Trinajstić information content (AvgIpc) is 3.47. The zero-order chi connectivity index (χ0) is 30.4. The van der Waals surface area contributed by atoms with Crippen molar-refractivity contribution in [2.75, 3.05) is 10.6 Å². The predicted octanol–water partition coefficient (Wildman–Crippen LogP) is 8.36. The summed E-state index contributed by atoms with van der Waals surface area (Å²) in [7, 11) is 0. The summed E-state index contributed by atoms with van der Waals surface area (Å²) in [6, 6.07) is 11.3. The standard InChI is InChI=1S/C34H38N4O2S2/c1-33(2,3)19-11-13-21-25(17-35)31(41-27(21)15-19)37-29(39)23-9-7-8-10-24(23)30(40)38-32-26(18-36)22-14-12-20(34(4,5)6)16-28(22)42-32/h7-10,19-20H,11-16H2,1-6H3,(H,37,39)(H,38,40). The quantitative estimate of drug-likeness (QED) is 0.315. The van der Waals surface area contributed by atoms with Crippen LogP contribution in [0.3, 0.4) is 0 Å². The van der Waals surface area contributed by atoms with Gasteiger partial charge in [-0.3, -0.25) is 9.59 Å². The van der Waals surface area contributed by atoms with E-state index in [-0.39, 0.29) is 22.0 Å². The Labute approximate surface area is 256 Å². The Kier molecular flexibility index (Phi) is 8.09. The van der Waals surface area contributed by atoms with Gasteiger partial charge < -0.3 is 10.6 Å². The van der Waals surface area contributed by atoms with Crippen LogP contribution in [0.25, 0.3) is 0 Å². The zero-order valence-electron chi connectivity index (χ0n) is 25.2. The normalized spacial score (nSPS) is 18.3. The van der Waals surface area contributed by atoms with Crippen LogP contribution >= 0.6 is 22.7 Å². The highest BCUT2D eigenvalue weighted by molar-refractivity contribution is 7.17. The van der Waals surface area contributed by atoms with Crippen molar-refractivity contribution >= 4 is 44.5 Å². The second-order valence-corrected chi connectivity index (χ2v) is 15.9. The van der Waals surface area contributed by atoms with Gasteiger partial charge in [-0.15, -0.1) is 22.7 Å². The van der Waals surface area contributed by atoms with Gasteiger partial charge in [-0.25, -0.2) is 0 Å². The number of nitrogens with zero attached hydrogens (tertiary/aromatic N) is 2. The minimum absolute atomic E-state index is 0.172. The molecule has 0 fully saturated rings. The molecule has 2 N–H and O–H groups in total. The van der Waals surface area contributed by atoms with Crippen LogP contribution in [-0.2, 0) is 25.7 Å². The number of anilines is 2. The van der Waals surface area contributed by atoms with Gasteiger partial charge in [0.1, 0.15) is 22.1 Å². The molecule has 2 aromatic heterocycles. The van der Waals surface area contributed by atoms with Crippen LogP contribution in [0.2, 0.25) is 0 Å². The first-order valence-corrected chi connectivity index (χ1v) is 16.3. The number of carbonyl (C=O) groups is 2. The van der Waals surface area contributed by atoms with Gasteiger partial charge in [0.15, 0.2) is 0 Å². The summed E-state index contributed by atoms with van der Waals surface area (Å²) in [6.07, 6.45) is 5.49.